The van der Waals surface area contributed by atoms with Crippen LogP contribution in [-0.4, -0.2) is 38.6 Å². The fourth-order valence-electron chi connectivity index (χ4n) is 1.76. The zero-order valence-electron chi connectivity index (χ0n) is 11.1. The van der Waals surface area contributed by atoms with E-state index in [4.69, 9.17) is 5.73 Å². The summed E-state index contributed by atoms with van der Waals surface area (Å²) >= 11 is 0. The normalized spacial score (nSPS) is 11.8. The highest BCUT2D eigenvalue weighted by Crippen LogP contribution is 2.17. The maximum Gasteiger partial charge on any atom is 0.211 e. The summed E-state index contributed by atoms with van der Waals surface area (Å²) < 4.78 is 24.2. The molecule has 0 atom stereocenters. The van der Waals surface area contributed by atoms with E-state index in [1.54, 1.807) is 0 Å². The van der Waals surface area contributed by atoms with Gasteiger partial charge in [-0.15, -0.1) is 0 Å². The van der Waals surface area contributed by atoms with Crippen LogP contribution >= 0.6 is 0 Å². The molecule has 6 heteroatoms. The van der Waals surface area contributed by atoms with Crippen LogP contribution in [0.25, 0.3) is 0 Å². The summed E-state index contributed by atoms with van der Waals surface area (Å²) in [5.41, 5.74) is 8.43. The minimum atomic E-state index is -3.11. The van der Waals surface area contributed by atoms with Gasteiger partial charge in [0.1, 0.15) is 0 Å². The molecule has 0 aromatic heterocycles. The molecule has 0 aliphatic rings. The number of benzene rings is 1. The monoisotopic (exact) mass is 271 g/mol. The highest BCUT2D eigenvalue weighted by molar-refractivity contribution is 7.88. The number of anilines is 2. The Morgan fingerprint density at radius 2 is 2.06 bits per heavy atom. The number of rotatable bonds is 6. The second-order valence-electron chi connectivity index (χ2n) is 4.26. The first-order valence-corrected chi connectivity index (χ1v) is 7.74. The van der Waals surface area contributed by atoms with Gasteiger partial charge in [0.15, 0.2) is 0 Å². The molecule has 5 nitrogen and oxygen atoms in total. The number of hydrogen-bond donors (Lipinski definition) is 2. The topological polar surface area (TPSA) is 75.4 Å². The van der Waals surface area contributed by atoms with Gasteiger partial charge in [0.05, 0.1) is 6.26 Å². The summed E-state index contributed by atoms with van der Waals surface area (Å²) in [5.74, 6) is 0. The van der Waals surface area contributed by atoms with Gasteiger partial charge >= 0.3 is 0 Å². The second-order valence-corrected chi connectivity index (χ2v) is 6.24. The van der Waals surface area contributed by atoms with Gasteiger partial charge < -0.3 is 11.1 Å². The molecule has 1 aromatic rings. The lowest BCUT2D eigenvalue weighted by Gasteiger charge is -2.18. The summed E-state index contributed by atoms with van der Waals surface area (Å²) in [4.78, 5) is 0. The van der Waals surface area contributed by atoms with Crippen LogP contribution in [0.5, 0.6) is 0 Å². The molecule has 0 heterocycles. The number of hydrogen-bond acceptors (Lipinski definition) is 4. The van der Waals surface area contributed by atoms with Gasteiger partial charge in [-0.3, -0.25) is 0 Å². The molecule has 0 amide bonds. The van der Waals surface area contributed by atoms with E-state index < -0.39 is 10.0 Å². The number of nitrogens with zero attached hydrogens (tertiary/aromatic N) is 1. The van der Waals surface area contributed by atoms with E-state index in [2.05, 4.69) is 5.32 Å². The number of sulfonamides is 1. The summed E-state index contributed by atoms with van der Waals surface area (Å²) in [5, 5.41) is 3.22. The van der Waals surface area contributed by atoms with Crippen molar-refractivity contribution in [2.75, 3.05) is 36.9 Å². The molecule has 0 aliphatic carbocycles. The van der Waals surface area contributed by atoms with Crippen molar-refractivity contribution < 1.29 is 8.42 Å². The maximum absolute atomic E-state index is 11.4. The van der Waals surface area contributed by atoms with Crippen LogP contribution in [0.2, 0.25) is 0 Å². The van der Waals surface area contributed by atoms with Gasteiger partial charge in [-0.2, -0.15) is 0 Å². The predicted molar refractivity (Wildman–Crippen MR) is 76.2 cm³/mol. The molecule has 0 fully saturated rings. The fraction of sp³-hybridized carbons (Fsp3) is 0.500. The molecule has 0 saturated carbocycles. The van der Waals surface area contributed by atoms with Crippen molar-refractivity contribution in [1.82, 2.24) is 4.31 Å². The largest absolute Gasteiger partial charge is 0.399 e. The van der Waals surface area contributed by atoms with Gasteiger partial charge in [0.2, 0.25) is 10.0 Å². The van der Waals surface area contributed by atoms with E-state index in [9.17, 15) is 8.42 Å². The smallest absolute Gasteiger partial charge is 0.211 e. The minimum Gasteiger partial charge on any atom is -0.399 e. The summed E-state index contributed by atoms with van der Waals surface area (Å²) in [6, 6.07) is 5.61. The molecule has 0 bridgehead atoms. The molecule has 1 aromatic carbocycles. The van der Waals surface area contributed by atoms with E-state index in [0.717, 1.165) is 16.9 Å². The molecule has 0 saturated heterocycles. The van der Waals surface area contributed by atoms with Crippen LogP contribution in [-0.2, 0) is 10.0 Å². The third kappa shape index (κ3) is 4.19. The highest BCUT2D eigenvalue weighted by Gasteiger charge is 2.13. The average Bonchev–Trinajstić information content (AvgIpc) is 2.25. The molecule has 18 heavy (non-hydrogen) atoms. The van der Waals surface area contributed by atoms with Crippen molar-refractivity contribution in [2.24, 2.45) is 0 Å². The van der Waals surface area contributed by atoms with E-state index in [1.807, 2.05) is 32.0 Å². The van der Waals surface area contributed by atoms with Crippen LogP contribution < -0.4 is 11.1 Å². The van der Waals surface area contributed by atoms with Gasteiger partial charge in [0, 0.05) is 31.0 Å². The lowest BCUT2D eigenvalue weighted by molar-refractivity contribution is 0.444. The van der Waals surface area contributed by atoms with Crippen LogP contribution in [0.4, 0.5) is 11.4 Å². The molecule has 102 valence electrons. The van der Waals surface area contributed by atoms with Crippen LogP contribution in [0.3, 0.4) is 0 Å². The lowest BCUT2D eigenvalue weighted by Crippen LogP contribution is -2.34. The standard InChI is InChI=1S/C12H21N3O2S/c1-4-15(18(3,16)17)8-7-14-12-6-5-11(13)9-10(12)2/h5-6,9,14H,4,7-8,13H2,1-3H3. The Balaban J connectivity index is 2.56. The zero-order chi connectivity index (χ0) is 13.8. The summed E-state index contributed by atoms with van der Waals surface area (Å²) in [6.07, 6.45) is 1.23. The van der Waals surface area contributed by atoms with Crippen molar-refractivity contribution in [2.45, 2.75) is 13.8 Å². The maximum atomic E-state index is 11.4. The second kappa shape index (κ2) is 6.06. The van der Waals surface area contributed by atoms with E-state index >= 15 is 0 Å². The molecule has 3 N–H and O–H groups in total. The molecule has 1 rings (SSSR count). The predicted octanol–water partition coefficient (Wildman–Crippen LogP) is 1.27. The van der Waals surface area contributed by atoms with E-state index in [-0.39, 0.29) is 0 Å². The first kappa shape index (κ1) is 14.8. The van der Waals surface area contributed by atoms with Crippen molar-refractivity contribution in [1.29, 1.82) is 0 Å². The number of aryl methyl sites for hydroxylation is 1. The number of nitrogens with one attached hydrogen (secondary N) is 1. The third-order valence-electron chi connectivity index (χ3n) is 2.75. The van der Waals surface area contributed by atoms with Crippen LogP contribution in [0.15, 0.2) is 18.2 Å². The Morgan fingerprint density at radius 1 is 1.39 bits per heavy atom. The number of likely N-dealkylation sites (N-methyl/N-ethyl adjacent to an activating group) is 1. The molecule has 0 spiro atoms. The Labute approximate surface area is 109 Å². The lowest BCUT2D eigenvalue weighted by atomic mass is 10.2. The van der Waals surface area contributed by atoms with Gasteiger partial charge in [0.25, 0.3) is 0 Å². The first-order valence-electron chi connectivity index (χ1n) is 5.89. The Morgan fingerprint density at radius 3 is 2.56 bits per heavy atom. The average molecular weight is 271 g/mol. The van der Waals surface area contributed by atoms with Crippen LogP contribution in [0.1, 0.15) is 12.5 Å². The van der Waals surface area contributed by atoms with Gasteiger partial charge in [-0.25, -0.2) is 12.7 Å². The minimum absolute atomic E-state index is 0.457. The third-order valence-corrected chi connectivity index (χ3v) is 4.13. The van der Waals surface area contributed by atoms with Gasteiger partial charge in [-0.1, -0.05) is 6.92 Å². The zero-order valence-corrected chi connectivity index (χ0v) is 11.9. The highest BCUT2D eigenvalue weighted by atomic mass is 32.2. The van der Waals surface area contributed by atoms with E-state index in [1.165, 1.54) is 10.6 Å². The van der Waals surface area contributed by atoms with Crippen molar-refractivity contribution in [3.05, 3.63) is 23.8 Å². The fourth-order valence-corrected chi connectivity index (χ4v) is 2.65. The molecular weight excluding hydrogens is 250 g/mol. The number of nitrogen functional groups attached to an aromatic ring is 1. The van der Waals surface area contributed by atoms with Crippen molar-refractivity contribution in [3.8, 4) is 0 Å². The molecule has 0 aliphatic heterocycles. The molecule has 0 radical (unpaired) electrons. The Bertz CT molecular complexity index is 500. The van der Waals surface area contributed by atoms with Gasteiger partial charge in [-0.05, 0) is 30.7 Å². The number of nitrogens with two attached hydrogens (primary N) is 1. The quantitative estimate of drug-likeness (QED) is 0.764. The molecule has 0 unspecified atom stereocenters. The Kier molecular flexibility index (Phi) is 4.98. The van der Waals surface area contributed by atoms with Crippen molar-refractivity contribution >= 4 is 21.4 Å². The first-order chi connectivity index (χ1) is 8.34. The van der Waals surface area contributed by atoms with Crippen molar-refractivity contribution in [3.63, 3.8) is 0 Å². The Hall–Kier alpha value is -1.27. The summed E-state index contributed by atoms with van der Waals surface area (Å²) in [6.45, 7) is 5.31. The van der Waals surface area contributed by atoms with Crippen LogP contribution in [0, 0.1) is 6.92 Å². The molecular formula is C12H21N3O2S. The van der Waals surface area contributed by atoms with E-state index in [0.29, 0.717) is 19.6 Å². The summed E-state index contributed by atoms with van der Waals surface area (Å²) in [7, 11) is -3.11. The SMILES string of the molecule is CCN(CCNc1ccc(N)cc1C)S(C)(=O)=O.